The van der Waals surface area contributed by atoms with E-state index in [2.05, 4.69) is 15.8 Å². The van der Waals surface area contributed by atoms with Crippen molar-refractivity contribution in [2.45, 2.75) is 0 Å². The van der Waals surface area contributed by atoms with Crippen LogP contribution >= 0.6 is 11.6 Å². The fourth-order valence-electron chi connectivity index (χ4n) is 2.26. The first-order chi connectivity index (χ1) is 14.5. The van der Waals surface area contributed by atoms with Crippen LogP contribution in [-0.4, -0.2) is 30.5 Å². The second-order valence-electron chi connectivity index (χ2n) is 5.92. The number of nitrogens with zero attached hydrogens (tertiary/aromatic N) is 1. The molecule has 0 aliphatic heterocycles. The number of esters is 1. The molecule has 0 aliphatic carbocycles. The molecule has 0 bridgehead atoms. The highest BCUT2D eigenvalue weighted by Gasteiger charge is 2.11. The molecule has 30 heavy (non-hydrogen) atoms. The van der Waals surface area contributed by atoms with E-state index in [1.807, 2.05) is 0 Å². The number of rotatable bonds is 7. The normalized spacial score (nSPS) is 10.6. The first kappa shape index (κ1) is 20.8. The molecule has 3 aromatic rings. The molecule has 2 amide bonds. The van der Waals surface area contributed by atoms with Gasteiger partial charge in [0.25, 0.3) is 11.8 Å². The Hall–Kier alpha value is -3.91. The molecule has 0 spiro atoms. The first-order valence-electron chi connectivity index (χ1n) is 8.73. The number of ether oxygens (including phenoxy) is 1. The highest BCUT2D eigenvalue weighted by molar-refractivity contribution is 6.30. The van der Waals surface area contributed by atoms with E-state index in [9.17, 15) is 14.4 Å². The summed E-state index contributed by atoms with van der Waals surface area (Å²) in [5.74, 6) is -1.05. The van der Waals surface area contributed by atoms with E-state index < -0.39 is 17.8 Å². The van der Waals surface area contributed by atoms with Gasteiger partial charge in [-0.2, -0.15) is 5.10 Å². The van der Waals surface area contributed by atoms with E-state index >= 15 is 0 Å². The standard InChI is InChI=1S/C21H16ClN3O5/c22-16-7-5-15(6-8-16)20(27)23-13-19(26)25-24-12-14-3-9-17(10-4-14)30-21(28)18-2-1-11-29-18/h1-12H,13H2,(H,23,27)(H,25,26)/b24-12+. The Bertz CT molecular complexity index is 1050. The number of hydrogen-bond acceptors (Lipinski definition) is 6. The summed E-state index contributed by atoms with van der Waals surface area (Å²) in [7, 11) is 0. The fraction of sp³-hybridized carbons (Fsp3) is 0.0476. The molecule has 2 aromatic carbocycles. The first-order valence-corrected chi connectivity index (χ1v) is 9.10. The van der Waals surface area contributed by atoms with Crippen LogP contribution in [0.15, 0.2) is 76.4 Å². The Kier molecular flexibility index (Phi) is 6.96. The molecule has 0 aliphatic rings. The molecule has 3 rings (SSSR count). The predicted molar refractivity (Wildman–Crippen MR) is 110 cm³/mol. The number of hydrogen-bond donors (Lipinski definition) is 2. The van der Waals surface area contributed by atoms with Crippen LogP contribution in [0.3, 0.4) is 0 Å². The van der Waals surface area contributed by atoms with Gasteiger partial charge in [0.1, 0.15) is 5.75 Å². The van der Waals surface area contributed by atoms with Crippen molar-refractivity contribution in [1.82, 2.24) is 10.7 Å². The Morgan fingerprint density at radius 1 is 1.03 bits per heavy atom. The van der Waals surface area contributed by atoms with Crippen LogP contribution in [0.1, 0.15) is 26.5 Å². The van der Waals surface area contributed by atoms with Crippen molar-refractivity contribution in [3.8, 4) is 5.75 Å². The van der Waals surface area contributed by atoms with E-state index in [4.69, 9.17) is 20.8 Å². The zero-order valence-electron chi connectivity index (χ0n) is 15.5. The minimum absolute atomic E-state index is 0.103. The monoisotopic (exact) mass is 425 g/mol. The number of carbonyl (C=O) groups excluding carboxylic acids is 3. The van der Waals surface area contributed by atoms with Crippen molar-refractivity contribution in [2.24, 2.45) is 5.10 Å². The van der Waals surface area contributed by atoms with E-state index in [0.717, 1.165) is 0 Å². The molecule has 0 unspecified atom stereocenters. The molecule has 0 fully saturated rings. The van der Waals surface area contributed by atoms with Crippen molar-refractivity contribution >= 4 is 35.6 Å². The highest BCUT2D eigenvalue weighted by atomic mass is 35.5. The quantitative estimate of drug-likeness (QED) is 0.261. The zero-order chi connectivity index (χ0) is 21.3. The average molecular weight is 426 g/mol. The Labute approximate surface area is 176 Å². The van der Waals surface area contributed by atoms with Crippen LogP contribution in [-0.2, 0) is 4.79 Å². The smallest absolute Gasteiger partial charge is 0.379 e. The maximum atomic E-state index is 11.9. The van der Waals surface area contributed by atoms with Gasteiger partial charge in [0.2, 0.25) is 5.76 Å². The second-order valence-corrected chi connectivity index (χ2v) is 6.36. The third-order valence-electron chi connectivity index (χ3n) is 3.73. The van der Waals surface area contributed by atoms with Gasteiger partial charge in [-0.25, -0.2) is 10.2 Å². The minimum Gasteiger partial charge on any atom is -0.457 e. The Morgan fingerprint density at radius 2 is 1.77 bits per heavy atom. The summed E-state index contributed by atoms with van der Waals surface area (Å²) in [6.07, 6.45) is 2.80. The lowest BCUT2D eigenvalue weighted by molar-refractivity contribution is -0.120. The highest BCUT2D eigenvalue weighted by Crippen LogP contribution is 2.14. The second kappa shape index (κ2) is 10.0. The predicted octanol–water partition coefficient (Wildman–Crippen LogP) is 3.03. The fourth-order valence-corrected chi connectivity index (χ4v) is 2.38. The van der Waals surface area contributed by atoms with Crippen LogP contribution in [0.25, 0.3) is 0 Å². The summed E-state index contributed by atoms with van der Waals surface area (Å²) < 4.78 is 10.1. The summed E-state index contributed by atoms with van der Waals surface area (Å²) in [6.45, 7) is -0.236. The molecular weight excluding hydrogens is 410 g/mol. The molecule has 0 saturated heterocycles. The zero-order valence-corrected chi connectivity index (χ0v) is 16.3. The van der Waals surface area contributed by atoms with Gasteiger partial charge in [-0.3, -0.25) is 9.59 Å². The summed E-state index contributed by atoms with van der Waals surface area (Å²) in [5, 5.41) is 6.82. The van der Waals surface area contributed by atoms with Gasteiger partial charge in [-0.05, 0) is 66.2 Å². The van der Waals surface area contributed by atoms with Crippen molar-refractivity contribution < 1.29 is 23.5 Å². The van der Waals surface area contributed by atoms with E-state index in [1.54, 1.807) is 54.6 Å². The van der Waals surface area contributed by atoms with Crippen molar-refractivity contribution in [3.05, 3.63) is 88.8 Å². The third-order valence-corrected chi connectivity index (χ3v) is 3.98. The molecule has 2 N–H and O–H groups in total. The lowest BCUT2D eigenvalue weighted by Crippen LogP contribution is -2.34. The van der Waals surface area contributed by atoms with Gasteiger partial charge < -0.3 is 14.5 Å². The third kappa shape index (κ3) is 6.05. The molecule has 0 radical (unpaired) electrons. The van der Waals surface area contributed by atoms with Gasteiger partial charge in [-0.15, -0.1) is 0 Å². The lowest BCUT2D eigenvalue weighted by atomic mass is 10.2. The number of halogens is 1. The van der Waals surface area contributed by atoms with Gasteiger partial charge >= 0.3 is 5.97 Å². The number of amides is 2. The van der Waals surface area contributed by atoms with Crippen LogP contribution in [0.4, 0.5) is 0 Å². The van der Waals surface area contributed by atoms with Crippen LogP contribution in [0.5, 0.6) is 5.75 Å². The van der Waals surface area contributed by atoms with E-state index in [0.29, 0.717) is 21.9 Å². The molecule has 8 nitrogen and oxygen atoms in total. The van der Waals surface area contributed by atoms with Gasteiger partial charge in [0.05, 0.1) is 19.0 Å². The van der Waals surface area contributed by atoms with Crippen LogP contribution < -0.4 is 15.5 Å². The largest absolute Gasteiger partial charge is 0.457 e. The van der Waals surface area contributed by atoms with Crippen LogP contribution in [0, 0.1) is 0 Å². The summed E-state index contributed by atoms with van der Waals surface area (Å²) in [6, 6.07) is 15.9. The Morgan fingerprint density at radius 3 is 2.43 bits per heavy atom. The number of benzene rings is 2. The van der Waals surface area contributed by atoms with E-state index in [-0.39, 0.29) is 12.3 Å². The van der Waals surface area contributed by atoms with Gasteiger partial charge in [0.15, 0.2) is 0 Å². The number of furan rings is 1. The van der Waals surface area contributed by atoms with Crippen LogP contribution in [0.2, 0.25) is 5.02 Å². The number of nitrogens with one attached hydrogen (secondary N) is 2. The summed E-state index contributed by atoms with van der Waals surface area (Å²) in [4.78, 5) is 35.5. The van der Waals surface area contributed by atoms with Crippen molar-refractivity contribution in [2.75, 3.05) is 6.54 Å². The molecule has 1 heterocycles. The summed E-state index contributed by atoms with van der Waals surface area (Å²) >= 11 is 5.77. The van der Waals surface area contributed by atoms with Gasteiger partial charge in [0, 0.05) is 10.6 Å². The molecule has 0 atom stereocenters. The SMILES string of the molecule is O=C(CNC(=O)c1ccc(Cl)cc1)N/N=C/c1ccc(OC(=O)c2ccco2)cc1. The average Bonchev–Trinajstić information content (AvgIpc) is 3.29. The van der Waals surface area contributed by atoms with Gasteiger partial charge in [-0.1, -0.05) is 11.6 Å². The Balaban J connectivity index is 1.43. The molecule has 152 valence electrons. The van der Waals surface area contributed by atoms with Crippen molar-refractivity contribution in [1.29, 1.82) is 0 Å². The summed E-state index contributed by atoms with van der Waals surface area (Å²) in [5.41, 5.74) is 3.37. The number of hydrazone groups is 1. The molecule has 9 heteroatoms. The molecule has 0 saturated carbocycles. The molecular formula is C21H16ClN3O5. The maximum absolute atomic E-state index is 11.9. The van der Waals surface area contributed by atoms with Crippen molar-refractivity contribution in [3.63, 3.8) is 0 Å². The minimum atomic E-state index is -0.602. The number of carbonyl (C=O) groups is 3. The maximum Gasteiger partial charge on any atom is 0.379 e. The lowest BCUT2D eigenvalue weighted by Gasteiger charge is -2.04. The molecule has 1 aromatic heterocycles. The van der Waals surface area contributed by atoms with E-state index in [1.165, 1.54) is 18.5 Å². The topological polar surface area (TPSA) is 110 Å².